The van der Waals surface area contributed by atoms with E-state index in [-0.39, 0.29) is 23.1 Å². The fourth-order valence-corrected chi connectivity index (χ4v) is 1.72. The number of anilines is 2. The highest BCUT2D eigenvalue weighted by atomic mass is 19.1. The van der Waals surface area contributed by atoms with Crippen molar-refractivity contribution in [2.24, 2.45) is 0 Å². The van der Waals surface area contributed by atoms with Crippen LogP contribution < -0.4 is 10.6 Å². The van der Waals surface area contributed by atoms with Crippen molar-refractivity contribution in [3.8, 4) is 0 Å². The molecule has 0 aliphatic rings. The Labute approximate surface area is 126 Å². The highest BCUT2D eigenvalue weighted by Gasteiger charge is 2.09. The van der Waals surface area contributed by atoms with E-state index in [1.165, 1.54) is 18.2 Å². The van der Waals surface area contributed by atoms with E-state index in [9.17, 15) is 13.6 Å². The number of hydrogen-bond donors (Lipinski definition) is 2. The van der Waals surface area contributed by atoms with Gasteiger partial charge in [0, 0.05) is 12.6 Å². The molecule has 2 aromatic rings. The zero-order valence-electron chi connectivity index (χ0n) is 12.1. The van der Waals surface area contributed by atoms with E-state index in [4.69, 9.17) is 0 Å². The number of rotatable bonds is 6. The molecule has 0 atom stereocenters. The predicted molar refractivity (Wildman–Crippen MR) is 78.9 cm³/mol. The molecule has 0 aliphatic carbocycles. The zero-order chi connectivity index (χ0) is 15.9. The number of hydrogen-bond acceptors (Lipinski definition) is 4. The Morgan fingerprint density at radius 3 is 2.64 bits per heavy atom. The van der Waals surface area contributed by atoms with Gasteiger partial charge in [0.05, 0.1) is 5.69 Å². The standard InChI is InChI=1S/C15H16F2N4O/c1-2-3-8-18-15(22)13-6-7-14(21-20-13)19-12-5-4-10(16)9-11(12)17/h4-7,9H,2-3,8H2,1H3,(H,18,22)(H,19,21). The van der Waals surface area contributed by atoms with Crippen molar-refractivity contribution in [3.63, 3.8) is 0 Å². The SMILES string of the molecule is CCCCNC(=O)c1ccc(Nc2ccc(F)cc2F)nn1. The van der Waals surface area contributed by atoms with Crippen molar-refractivity contribution in [1.29, 1.82) is 0 Å². The van der Waals surface area contributed by atoms with Crippen LogP contribution in [0.15, 0.2) is 30.3 Å². The summed E-state index contributed by atoms with van der Waals surface area (Å²) >= 11 is 0. The molecule has 2 rings (SSSR count). The van der Waals surface area contributed by atoms with Gasteiger partial charge >= 0.3 is 0 Å². The summed E-state index contributed by atoms with van der Waals surface area (Å²) in [4.78, 5) is 11.7. The number of nitrogens with zero attached hydrogens (tertiary/aromatic N) is 2. The van der Waals surface area contributed by atoms with Gasteiger partial charge in [-0.1, -0.05) is 13.3 Å². The Hall–Kier alpha value is -2.57. The molecule has 0 bridgehead atoms. The largest absolute Gasteiger partial charge is 0.351 e. The summed E-state index contributed by atoms with van der Waals surface area (Å²) in [7, 11) is 0. The Bertz CT molecular complexity index is 646. The molecule has 0 saturated heterocycles. The molecule has 1 aromatic carbocycles. The molecular formula is C15H16F2N4O. The quantitative estimate of drug-likeness (QED) is 0.805. The lowest BCUT2D eigenvalue weighted by molar-refractivity contribution is 0.0947. The predicted octanol–water partition coefficient (Wildman–Crippen LogP) is 3.03. The molecule has 0 radical (unpaired) electrons. The fraction of sp³-hybridized carbons (Fsp3) is 0.267. The molecule has 0 saturated carbocycles. The first kappa shape index (κ1) is 15.8. The number of benzene rings is 1. The van der Waals surface area contributed by atoms with Crippen molar-refractivity contribution in [1.82, 2.24) is 15.5 Å². The van der Waals surface area contributed by atoms with Crippen LogP contribution in [0.1, 0.15) is 30.3 Å². The zero-order valence-corrected chi connectivity index (χ0v) is 12.1. The second kappa shape index (κ2) is 7.44. The van der Waals surface area contributed by atoms with E-state index < -0.39 is 11.6 Å². The highest BCUT2D eigenvalue weighted by molar-refractivity contribution is 5.92. The summed E-state index contributed by atoms with van der Waals surface area (Å²) < 4.78 is 26.3. The smallest absolute Gasteiger partial charge is 0.271 e. The summed E-state index contributed by atoms with van der Waals surface area (Å²) in [5.74, 6) is -1.44. The average Bonchev–Trinajstić information content (AvgIpc) is 2.51. The van der Waals surface area contributed by atoms with Crippen LogP contribution in [0.2, 0.25) is 0 Å². The van der Waals surface area contributed by atoms with Crippen molar-refractivity contribution < 1.29 is 13.6 Å². The molecule has 2 N–H and O–H groups in total. The molecule has 7 heteroatoms. The maximum Gasteiger partial charge on any atom is 0.271 e. The number of carbonyl (C=O) groups excluding carboxylic acids is 1. The van der Waals surface area contributed by atoms with Crippen molar-refractivity contribution in [3.05, 3.63) is 47.7 Å². The van der Waals surface area contributed by atoms with Gasteiger partial charge in [0.15, 0.2) is 11.5 Å². The minimum atomic E-state index is -0.733. The molecule has 116 valence electrons. The molecule has 1 heterocycles. The topological polar surface area (TPSA) is 66.9 Å². The van der Waals surface area contributed by atoms with Crippen molar-refractivity contribution >= 4 is 17.4 Å². The Kier molecular flexibility index (Phi) is 5.35. The lowest BCUT2D eigenvalue weighted by atomic mass is 10.3. The second-order valence-electron chi connectivity index (χ2n) is 4.66. The molecule has 0 fully saturated rings. The molecular weight excluding hydrogens is 290 g/mol. The third-order valence-electron chi connectivity index (χ3n) is 2.91. The van der Waals surface area contributed by atoms with Gasteiger partial charge < -0.3 is 10.6 Å². The molecule has 1 aromatic heterocycles. The summed E-state index contributed by atoms with van der Waals surface area (Å²) in [6.07, 6.45) is 1.88. The highest BCUT2D eigenvalue weighted by Crippen LogP contribution is 2.18. The van der Waals surface area contributed by atoms with E-state index in [2.05, 4.69) is 20.8 Å². The van der Waals surface area contributed by atoms with Crippen LogP contribution in [0.5, 0.6) is 0 Å². The first-order valence-electron chi connectivity index (χ1n) is 6.94. The van der Waals surface area contributed by atoms with Crippen LogP contribution in [0, 0.1) is 11.6 Å². The van der Waals surface area contributed by atoms with Gasteiger partial charge in [0.1, 0.15) is 11.6 Å². The first-order valence-corrected chi connectivity index (χ1v) is 6.94. The maximum atomic E-state index is 13.5. The molecule has 0 spiro atoms. The van der Waals surface area contributed by atoms with E-state index in [0.29, 0.717) is 6.54 Å². The van der Waals surface area contributed by atoms with Gasteiger partial charge in [-0.15, -0.1) is 10.2 Å². The summed E-state index contributed by atoms with van der Waals surface area (Å²) in [6, 6.07) is 6.15. The van der Waals surface area contributed by atoms with Crippen LogP contribution in [0.4, 0.5) is 20.3 Å². The molecule has 0 unspecified atom stereocenters. The third kappa shape index (κ3) is 4.21. The molecule has 22 heavy (non-hydrogen) atoms. The second-order valence-corrected chi connectivity index (χ2v) is 4.66. The lowest BCUT2D eigenvalue weighted by Gasteiger charge is -2.07. The number of nitrogens with one attached hydrogen (secondary N) is 2. The van der Waals surface area contributed by atoms with Crippen LogP contribution in [0.3, 0.4) is 0 Å². The summed E-state index contributed by atoms with van der Waals surface area (Å²) in [6.45, 7) is 2.61. The fourth-order valence-electron chi connectivity index (χ4n) is 1.72. The van der Waals surface area contributed by atoms with Gasteiger partial charge in [0.2, 0.25) is 0 Å². The van der Waals surface area contributed by atoms with E-state index in [1.807, 2.05) is 6.92 Å². The maximum absolute atomic E-state index is 13.5. The van der Waals surface area contributed by atoms with Crippen LogP contribution in [0.25, 0.3) is 0 Å². The van der Waals surface area contributed by atoms with Gasteiger partial charge in [-0.05, 0) is 30.7 Å². The minimum Gasteiger partial charge on any atom is -0.351 e. The van der Waals surface area contributed by atoms with Crippen molar-refractivity contribution in [2.45, 2.75) is 19.8 Å². The van der Waals surface area contributed by atoms with E-state index >= 15 is 0 Å². The number of carbonyl (C=O) groups is 1. The first-order chi connectivity index (χ1) is 10.6. The molecule has 0 aliphatic heterocycles. The van der Waals surface area contributed by atoms with E-state index in [1.54, 1.807) is 0 Å². The van der Waals surface area contributed by atoms with Crippen LogP contribution >= 0.6 is 0 Å². The third-order valence-corrected chi connectivity index (χ3v) is 2.91. The van der Waals surface area contributed by atoms with Crippen molar-refractivity contribution in [2.75, 3.05) is 11.9 Å². The average molecular weight is 306 g/mol. The minimum absolute atomic E-state index is 0.0795. The summed E-state index contributed by atoms with van der Waals surface area (Å²) in [5.41, 5.74) is 0.261. The molecule has 1 amide bonds. The number of halogens is 2. The van der Waals surface area contributed by atoms with Gasteiger partial charge in [0.25, 0.3) is 5.91 Å². The Morgan fingerprint density at radius 1 is 1.18 bits per heavy atom. The molecule has 5 nitrogen and oxygen atoms in total. The normalized spacial score (nSPS) is 10.3. The summed E-state index contributed by atoms with van der Waals surface area (Å²) in [5, 5.41) is 13.0. The van der Waals surface area contributed by atoms with Crippen LogP contribution in [-0.4, -0.2) is 22.6 Å². The number of aromatic nitrogens is 2. The van der Waals surface area contributed by atoms with Gasteiger partial charge in [-0.25, -0.2) is 8.78 Å². The Balaban J connectivity index is 2.01. The monoisotopic (exact) mass is 306 g/mol. The Morgan fingerprint density at radius 2 is 2.00 bits per heavy atom. The van der Waals surface area contributed by atoms with Gasteiger partial charge in [-0.3, -0.25) is 4.79 Å². The number of amides is 1. The van der Waals surface area contributed by atoms with E-state index in [0.717, 1.165) is 25.0 Å². The lowest BCUT2D eigenvalue weighted by Crippen LogP contribution is -2.25. The van der Waals surface area contributed by atoms with Crippen LogP contribution in [-0.2, 0) is 0 Å². The number of unbranched alkanes of at least 4 members (excludes halogenated alkanes) is 1. The van der Waals surface area contributed by atoms with Gasteiger partial charge in [-0.2, -0.15) is 0 Å².